The van der Waals surface area contributed by atoms with Crippen LogP contribution in [0.4, 0.5) is 0 Å². The minimum Gasteiger partial charge on any atom is -0.477 e. The van der Waals surface area contributed by atoms with Crippen LogP contribution < -0.4 is 0 Å². The molecule has 2 aromatic heterocycles. The highest BCUT2D eigenvalue weighted by molar-refractivity contribution is 5.96. The Labute approximate surface area is 240 Å². The second-order valence-electron chi connectivity index (χ2n) is 10.6. The molecule has 0 bridgehead atoms. The Morgan fingerprint density at radius 1 is 0.976 bits per heavy atom. The number of hydrogen-bond donors (Lipinski definition) is 2. The number of aliphatic carboxylic acids is 1. The summed E-state index contributed by atoms with van der Waals surface area (Å²) < 4.78 is 2.22. The van der Waals surface area contributed by atoms with Crippen LogP contribution in [0.2, 0.25) is 0 Å². The lowest BCUT2D eigenvalue weighted by Crippen LogP contribution is -1.99. The van der Waals surface area contributed by atoms with Crippen LogP contribution in [0, 0.1) is 25.2 Å². The maximum Gasteiger partial charge on any atom is 0.346 e. The number of aryl methyl sites for hydroxylation is 3. The van der Waals surface area contributed by atoms with Crippen molar-refractivity contribution < 1.29 is 9.90 Å². The molecular formula is C35H34N4O2. The van der Waals surface area contributed by atoms with E-state index in [1.807, 2.05) is 24.3 Å². The highest BCUT2D eigenvalue weighted by Gasteiger charge is 2.16. The van der Waals surface area contributed by atoms with E-state index in [0.717, 1.165) is 70.6 Å². The first kappa shape index (κ1) is 27.7. The molecule has 0 aliphatic rings. The molecule has 0 amide bonds. The molecule has 0 radical (unpaired) electrons. The molecule has 0 atom stereocenters. The van der Waals surface area contributed by atoms with Gasteiger partial charge in [-0.1, -0.05) is 68.7 Å². The Bertz CT molecular complexity index is 1760. The van der Waals surface area contributed by atoms with Crippen LogP contribution >= 0.6 is 0 Å². The van der Waals surface area contributed by atoms with Gasteiger partial charge in [-0.3, -0.25) is 4.57 Å². The molecule has 6 nitrogen and oxygen atoms in total. The van der Waals surface area contributed by atoms with Crippen molar-refractivity contribution in [2.24, 2.45) is 0 Å². The largest absolute Gasteiger partial charge is 0.477 e. The monoisotopic (exact) mass is 542 g/mol. The molecular weight excluding hydrogens is 508 g/mol. The molecule has 0 fully saturated rings. The third-order valence-electron chi connectivity index (χ3n) is 7.33. The number of H-pyrrole nitrogens is 1. The number of fused-ring (bicyclic) bond motifs is 1. The third-order valence-corrected chi connectivity index (χ3v) is 7.33. The van der Waals surface area contributed by atoms with Crippen molar-refractivity contribution in [1.29, 1.82) is 5.26 Å². The first-order chi connectivity index (χ1) is 19.9. The summed E-state index contributed by atoms with van der Waals surface area (Å²) in [5.74, 6) is -0.359. The zero-order valence-electron chi connectivity index (χ0n) is 23.7. The van der Waals surface area contributed by atoms with Gasteiger partial charge in [0.15, 0.2) is 0 Å². The van der Waals surface area contributed by atoms with E-state index >= 15 is 0 Å². The van der Waals surface area contributed by atoms with Gasteiger partial charge in [-0.05, 0) is 85.4 Å². The normalized spacial score (nSPS) is 11.6. The number of aromatic nitrogens is 3. The molecule has 6 heteroatoms. The molecule has 41 heavy (non-hydrogen) atoms. The van der Waals surface area contributed by atoms with E-state index in [1.54, 1.807) is 6.07 Å². The van der Waals surface area contributed by atoms with Crippen LogP contribution in [-0.4, -0.2) is 25.6 Å². The van der Waals surface area contributed by atoms with Gasteiger partial charge in [0.1, 0.15) is 17.5 Å². The number of unbranched alkanes of at least 4 members (excludes halogenated alkanes) is 3. The number of imidazole rings is 1. The summed E-state index contributed by atoms with van der Waals surface area (Å²) in [6.45, 7) is 6.41. The Hall–Kier alpha value is -4.89. The van der Waals surface area contributed by atoms with Crippen molar-refractivity contribution in [1.82, 2.24) is 14.5 Å². The molecule has 3 aromatic carbocycles. The van der Waals surface area contributed by atoms with Gasteiger partial charge >= 0.3 is 5.97 Å². The van der Waals surface area contributed by atoms with E-state index in [0.29, 0.717) is 5.69 Å². The summed E-state index contributed by atoms with van der Waals surface area (Å²) >= 11 is 0. The van der Waals surface area contributed by atoms with Crippen LogP contribution in [0.15, 0.2) is 78.4 Å². The molecule has 0 aliphatic heterocycles. The number of aromatic amines is 1. The molecule has 0 saturated heterocycles. The Balaban J connectivity index is 1.56. The van der Waals surface area contributed by atoms with E-state index < -0.39 is 5.97 Å². The number of benzene rings is 3. The van der Waals surface area contributed by atoms with Gasteiger partial charge in [0.25, 0.3) is 0 Å². The van der Waals surface area contributed by atoms with Crippen LogP contribution in [0.25, 0.3) is 45.4 Å². The lowest BCUT2D eigenvalue weighted by atomic mass is 10.0. The van der Waals surface area contributed by atoms with Gasteiger partial charge in [0, 0.05) is 22.6 Å². The predicted octanol–water partition coefficient (Wildman–Crippen LogP) is 8.42. The Morgan fingerprint density at radius 2 is 1.68 bits per heavy atom. The van der Waals surface area contributed by atoms with E-state index in [9.17, 15) is 15.2 Å². The highest BCUT2D eigenvalue weighted by atomic mass is 16.4. The number of hydrogen-bond acceptors (Lipinski definition) is 3. The molecule has 5 aromatic rings. The number of nitriles is 1. The maximum atomic E-state index is 11.4. The highest BCUT2D eigenvalue weighted by Crippen LogP contribution is 2.32. The van der Waals surface area contributed by atoms with Gasteiger partial charge in [-0.2, -0.15) is 5.26 Å². The lowest BCUT2D eigenvalue weighted by Gasteiger charge is -2.12. The van der Waals surface area contributed by atoms with Crippen LogP contribution in [0.1, 0.15) is 55.0 Å². The Kier molecular flexibility index (Phi) is 8.16. The summed E-state index contributed by atoms with van der Waals surface area (Å²) in [4.78, 5) is 19.8. The Morgan fingerprint density at radius 3 is 2.37 bits per heavy atom. The molecule has 2 heterocycles. The standard InChI is InChI=1S/C35H34N4O2/c1-4-5-6-7-10-27-20-29(21-28(22-36)35(40)41)37-33(27)25-13-15-26(16-14-25)34-38-31-11-8-9-12-32(31)39(34)30-18-23(2)17-24(3)19-30/h8-9,11-21,37H,4-7,10H2,1-3H3,(H,40,41)/b28-21+. The molecule has 206 valence electrons. The molecule has 0 saturated carbocycles. The molecule has 0 spiro atoms. The molecule has 5 rings (SSSR count). The number of rotatable bonds is 10. The summed E-state index contributed by atoms with van der Waals surface area (Å²) in [5, 5.41) is 18.6. The van der Waals surface area contributed by atoms with Crippen LogP contribution in [-0.2, 0) is 11.2 Å². The number of carboxylic acid groups (broad SMARTS) is 1. The first-order valence-corrected chi connectivity index (χ1v) is 14.1. The fraction of sp³-hybridized carbons (Fsp3) is 0.229. The fourth-order valence-electron chi connectivity index (χ4n) is 5.44. The smallest absolute Gasteiger partial charge is 0.346 e. The van der Waals surface area contributed by atoms with Gasteiger partial charge in [-0.25, -0.2) is 9.78 Å². The summed E-state index contributed by atoms with van der Waals surface area (Å²) in [7, 11) is 0. The van der Waals surface area contributed by atoms with E-state index in [2.05, 4.69) is 78.9 Å². The quantitative estimate of drug-likeness (QED) is 0.105. The number of carboxylic acids is 1. The van der Waals surface area contributed by atoms with Gasteiger partial charge in [0.2, 0.25) is 0 Å². The van der Waals surface area contributed by atoms with E-state index in [-0.39, 0.29) is 5.57 Å². The van der Waals surface area contributed by atoms with Crippen LogP contribution in [0.5, 0.6) is 0 Å². The summed E-state index contributed by atoms with van der Waals surface area (Å²) in [6.07, 6.45) is 6.80. The lowest BCUT2D eigenvalue weighted by molar-refractivity contribution is -0.132. The van der Waals surface area contributed by atoms with Gasteiger partial charge < -0.3 is 10.1 Å². The number of carbonyl (C=O) groups is 1. The average molecular weight is 543 g/mol. The minimum absolute atomic E-state index is 0.295. The summed E-state index contributed by atoms with van der Waals surface area (Å²) in [6, 6.07) is 26.8. The summed E-state index contributed by atoms with van der Waals surface area (Å²) in [5.41, 5.74) is 9.85. The second kappa shape index (κ2) is 12.1. The number of nitrogens with zero attached hydrogens (tertiary/aromatic N) is 3. The maximum absolute atomic E-state index is 11.4. The SMILES string of the molecule is CCCCCCc1cc(/C=C(\C#N)C(=O)O)[nH]c1-c1ccc(-c2nc3ccccc3n2-c2cc(C)cc(C)c2)cc1. The zero-order valence-corrected chi connectivity index (χ0v) is 23.7. The molecule has 0 unspecified atom stereocenters. The van der Waals surface area contributed by atoms with Crippen molar-refractivity contribution in [2.45, 2.75) is 52.9 Å². The second-order valence-corrected chi connectivity index (χ2v) is 10.6. The van der Waals surface area contributed by atoms with Crippen molar-refractivity contribution in [3.63, 3.8) is 0 Å². The number of nitrogens with one attached hydrogen (secondary N) is 1. The topological polar surface area (TPSA) is 94.7 Å². The average Bonchev–Trinajstić information content (AvgIpc) is 3.55. The third kappa shape index (κ3) is 6.00. The van der Waals surface area contributed by atoms with Crippen molar-refractivity contribution in [3.8, 4) is 34.4 Å². The van der Waals surface area contributed by atoms with Crippen LogP contribution in [0.3, 0.4) is 0 Å². The molecule has 0 aliphatic carbocycles. The first-order valence-electron chi connectivity index (χ1n) is 14.1. The van der Waals surface area contributed by atoms with Crippen molar-refractivity contribution >= 4 is 23.1 Å². The van der Waals surface area contributed by atoms with Gasteiger partial charge in [0.05, 0.1) is 11.0 Å². The number of para-hydroxylation sites is 2. The van der Waals surface area contributed by atoms with Crippen molar-refractivity contribution in [2.75, 3.05) is 0 Å². The molecule has 2 N–H and O–H groups in total. The van der Waals surface area contributed by atoms with Gasteiger partial charge in [-0.15, -0.1) is 0 Å². The van der Waals surface area contributed by atoms with Crippen molar-refractivity contribution in [3.05, 3.63) is 101 Å². The zero-order chi connectivity index (χ0) is 28.9. The minimum atomic E-state index is -1.23. The fourth-order valence-corrected chi connectivity index (χ4v) is 5.44. The predicted molar refractivity (Wildman–Crippen MR) is 165 cm³/mol. The van der Waals surface area contributed by atoms with E-state index in [4.69, 9.17) is 4.98 Å². The van der Waals surface area contributed by atoms with E-state index in [1.165, 1.54) is 23.6 Å².